The number of benzene rings is 1. The Hall–Kier alpha value is -3.29. The molecule has 0 atom stereocenters. The van der Waals surface area contributed by atoms with Crippen molar-refractivity contribution in [1.29, 1.82) is 0 Å². The van der Waals surface area contributed by atoms with E-state index < -0.39 is 5.91 Å². The Labute approximate surface area is 129 Å². The number of hydrogen-bond donors (Lipinski definition) is 3. The monoisotopic (exact) mass is 312 g/mol. The minimum Gasteiger partial charge on any atom is -0.493 e. The summed E-state index contributed by atoms with van der Waals surface area (Å²) in [6, 6.07) is 6.70. The highest BCUT2D eigenvalue weighted by Gasteiger charge is 2.18. The third kappa shape index (κ3) is 2.30. The van der Waals surface area contributed by atoms with E-state index >= 15 is 0 Å². The highest BCUT2D eigenvalue weighted by atomic mass is 16.6. The van der Waals surface area contributed by atoms with Crippen molar-refractivity contribution >= 4 is 22.5 Å². The van der Waals surface area contributed by atoms with Gasteiger partial charge in [0.05, 0.1) is 5.52 Å². The fourth-order valence-corrected chi connectivity index (χ4v) is 2.42. The van der Waals surface area contributed by atoms with Crippen LogP contribution in [0.3, 0.4) is 0 Å². The first-order valence-corrected chi connectivity index (χ1v) is 6.96. The van der Waals surface area contributed by atoms with Gasteiger partial charge in [0.2, 0.25) is 5.88 Å². The standard InChI is InChI=1S/C15H12N4O4/c20-14(9-2-1-3-16-9)19-18-13-8-6-11-12(23-5-4-22-11)7-10(8)17-15(13)21/h1-3,6-7,16-17,21H,4-5H2. The summed E-state index contributed by atoms with van der Waals surface area (Å²) < 4.78 is 11.0. The van der Waals surface area contributed by atoms with Gasteiger partial charge in [-0.3, -0.25) is 4.79 Å². The SMILES string of the molecule is O=C(N=Nc1c(O)[nH]c2cc3c(cc12)OCCO3)c1ccc[nH]1. The second-order valence-electron chi connectivity index (χ2n) is 4.95. The average Bonchev–Trinajstić information content (AvgIpc) is 3.18. The number of nitrogens with zero attached hydrogens (tertiary/aromatic N) is 2. The number of azo groups is 1. The van der Waals surface area contributed by atoms with Crippen LogP contribution < -0.4 is 9.47 Å². The molecule has 1 aliphatic heterocycles. The van der Waals surface area contributed by atoms with E-state index in [1.54, 1.807) is 30.5 Å². The van der Waals surface area contributed by atoms with Crippen LogP contribution in [0.2, 0.25) is 0 Å². The zero-order chi connectivity index (χ0) is 15.8. The zero-order valence-electron chi connectivity index (χ0n) is 11.9. The van der Waals surface area contributed by atoms with Crippen molar-refractivity contribution in [2.75, 3.05) is 13.2 Å². The number of aromatic amines is 2. The molecular formula is C15H12N4O4. The Bertz CT molecular complexity index is 911. The molecule has 3 aromatic rings. The molecule has 3 heterocycles. The Morgan fingerprint density at radius 2 is 2.00 bits per heavy atom. The van der Waals surface area contributed by atoms with Crippen LogP contribution in [-0.4, -0.2) is 34.2 Å². The lowest BCUT2D eigenvalue weighted by Gasteiger charge is -2.17. The number of carbonyl (C=O) groups excluding carboxylic acids is 1. The maximum atomic E-state index is 11.9. The first-order valence-electron chi connectivity index (χ1n) is 6.96. The van der Waals surface area contributed by atoms with Gasteiger partial charge in [0.25, 0.3) is 0 Å². The largest absolute Gasteiger partial charge is 0.493 e. The first kappa shape index (κ1) is 13.4. The summed E-state index contributed by atoms with van der Waals surface area (Å²) in [4.78, 5) is 17.4. The zero-order valence-corrected chi connectivity index (χ0v) is 11.9. The summed E-state index contributed by atoms with van der Waals surface area (Å²) >= 11 is 0. The van der Waals surface area contributed by atoms with E-state index in [4.69, 9.17) is 9.47 Å². The minimum atomic E-state index is -0.527. The van der Waals surface area contributed by atoms with E-state index in [1.807, 2.05) is 0 Å². The van der Waals surface area contributed by atoms with Gasteiger partial charge in [-0.15, -0.1) is 10.2 Å². The molecule has 8 nitrogen and oxygen atoms in total. The summed E-state index contributed by atoms with van der Waals surface area (Å²) in [6.45, 7) is 0.930. The number of carbonyl (C=O) groups is 1. The number of aromatic nitrogens is 2. The molecule has 1 aliphatic rings. The average molecular weight is 312 g/mol. The van der Waals surface area contributed by atoms with Crippen LogP contribution in [0.15, 0.2) is 40.7 Å². The number of amides is 1. The second-order valence-corrected chi connectivity index (χ2v) is 4.95. The predicted octanol–water partition coefficient (Wildman–Crippen LogP) is 2.90. The lowest BCUT2D eigenvalue weighted by atomic mass is 10.2. The van der Waals surface area contributed by atoms with Crippen LogP contribution in [0.5, 0.6) is 17.4 Å². The molecule has 0 unspecified atom stereocenters. The van der Waals surface area contributed by atoms with E-state index in [-0.39, 0.29) is 11.6 Å². The fraction of sp³-hybridized carbons (Fsp3) is 0.133. The summed E-state index contributed by atoms with van der Waals surface area (Å²) in [5.74, 6) is 0.456. The topological polar surface area (TPSA) is 112 Å². The van der Waals surface area contributed by atoms with Crippen molar-refractivity contribution < 1.29 is 19.4 Å². The number of H-pyrrole nitrogens is 2. The molecule has 0 aliphatic carbocycles. The summed E-state index contributed by atoms with van der Waals surface area (Å²) in [6.07, 6.45) is 1.62. The van der Waals surface area contributed by atoms with Crippen molar-refractivity contribution in [3.8, 4) is 17.4 Å². The van der Waals surface area contributed by atoms with Crippen LogP contribution >= 0.6 is 0 Å². The molecule has 23 heavy (non-hydrogen) atoms. The molecule has 0 bridgehead atoms. The van der Waals surface area contributed by atoms with Gasteiger partial charge in [-0.25, -0.2) is 0 Å². The van der Waals surface area contributed by atoms with Gasteiger partial charge in [-0.2, -0.15) is 0 Å². The van der Waals surface area contributed by atoms with E-state index in [9.17, 15) is 9.90 Å². The third-order valence-corrected chi connectivity index (χ3v) is 3.48. The van der Waals surface area contributed by atoms with E-state index in [1.165, 1.54) is 0 Å². The number of fused-ring (bicyclic) bond motifs is 2. The minimum absolute atomic E-state index is 0.176. The Balaban J connectivity index is 1.74. The molecule has 1 amide bonds. The van der Waals surface area contributed by atoms with E-state index in [0.717, 1.165) is 0 Å². The number of ether oxygens (including phenoxy) is 2. The number of hydrogen-bond acceptors (Lipinski definition) is 5. The number of nitrogens with one attached hydrogen (secondary N) is 2. The van der Waals surface area contributed by atoms with Crippen LogP contribution in [-0.2, 0) is 0 Å². The van der Waals surface area contributed by atoms with Gasteiger partial charge in [-0.1, -0.05) is 0 Å². The van der Waals surface area contributed by atoms with Gasteiger partial charge in [0, 0.05) is 17.6 Å². The molecule has 0 fully saturated rings. The van der Waals surface area contributed by atoms with Crippen molar-refractivity contribution in [3.05, 3.63) is 36.2 Å². The van der Waals surface area contributed by atoms with E-state index in [2.05, 4.69) is 20.2 Å². The quantitative estimate of drug-likeness (QED) is 0.631. The highest BCUT2D eigenvalue weighted by molar-refractivity contribution is 5.97. The van der Waals surface area contributed by atoms with Gasteiger partial charge in [0.1, 0.15) is 18.9 Å². The molecule has 0 spiro atoms. The molecule has 4 rings (SSSR count). The van der Waals surface area contributed by atoms with Gasteiger partial charge in [0.15, 0.2) is 17.2 Å². The Morgan fingerprint density at radius 3 is 2.74 bits per heavy atom. The maximum absolute atomic E-state index is 11.9. The van der Waals surface area contributed by atoms with Crippen molar-refractivity contribution in [2.24, 2.45) is 10.2 Å². The predicted molar refractivity (Wildman–Crippen MR) is 80.6 cm³/mol. The Kier molecular flexibility index (Phi) is 3.00. The van der Waals surface area contributed by atoms with Gasteiger partial charge in [-0.05, 0) is 18.2 Å². The molecule has 0 saturated carbocycles. The van der Waals surface area contributed by atoms with Crippen LogP contribution in [0.4, 0.5) is 5.69 Å². The summed E-state index contributed by atoms with van der Waals surface area (Å²) in [5, 5.41) is 18.1. The van der Waals surface area contributed by atoms with E-state index in [0.29, 0.717) is 41.3 Å². The third-order valence-electron chi connectivity index (χ3n) is 3.48. The van der Waals surface area contributed by atoms with Crippen LogP contribution in [0.1, 0.15) is 10.5 Å². The molecule has 116 valence electrons. The number of rotatable bonds is 2. The molecule has 2 aromatic heterocycles. The molecule has 0 saturated heterocycles. The highest BCUT2D eigenvalue weighted by Crippen LogP contribution is 2.42. The summed E-state index contributed by atoms with van der Waals surface area (Å²) in [7, 11) is 0. The lowest BCUT2D eigenvalue weighted by molar-refractivity contribution is 0.0991. The Morgan fingerprint density at radius 1 is 1.22 bits per heavy atom. The van der Waals surface area contributed by atoms with Gasteiger partial charge < -0.3 is 24.5 Å². The summed E-state index contributed by atoms with van der Waals surface area (Å²) in [5.41, 5.74) is 1.12. The molecular weight excluding hydrogens is 300 g/mol. The van der Waals surface area contributed by atoms with Gasteiger partial charge >= 0.3 is 5.91 Å². The fourth-order valence-electron chi connectivity index (χ4n) is 2.42. The van der Waals surface area contributed by atoms with Crippen LogP contribution in [0, 0.1) is 0 Å². The van der Waals surface area contributed by atoms with Crippen molar-refractivity contribution in [2.45, 2.75) is 0 Å². The molecule has 0 radical (unpaired) electrons. The van der Waals surface area contributed by atoms with Crippen molar-refractivity contribution in [1.82, 2.24) is 9.97 Å². The number of aromatic hydroxyl groups is 1. The maximum Gasteiger partial charge on any atom is 0.311 e. The second kappa shape index (κ2) is 5.16. The molecule has 8 heteroatoms. The van der Waals surface area contributed by atoms with Crippen molar-refractivity contribution in [3.63, 3.8) is 0 Å². The first-order chi connectivity index (χ1) is 11.2. The smallest absolute Gasteiger partial charge is 0.311 e. The normalized spacial score (nSPS) is 13.7. The molecule has 3 N–H and O–H groups in total. The van der Waals surface area contributed by atoms with Crippen LogP contribution in [0.25, 0.3) is 10.9 Å². The molecule has 1 aromatic carbocycles. The lowest BCUT2D eigenvalue weighted by Crippen LogP contribution is -2.15.